The number of carbonyl (C=O) groups is 1. The largest absolute Gasteiger partial charge is 0.495 e. The number of fused-ring (bicyclic) bond motifs is 1. The minimum absolute atomic E-state index is 0.197. The summed E-state index contributed by atoms with van der Waals surface area (Å²) in [6, 6.07) is 12.7. The first kappa shape index (κ1) is 14.5. The van der Waals surface area contributed by atoms with Gasteiger partial charge in [0.25, 0.3) is 5.91 Å². The lowest BCUT2D eigenvalue weighted by Crippen LogP contribution is -2.13. The summed E-state index contributed by atoms with van der Waals surface area (Å²) in [6.45, 7) is 0. The van der Waals surface area contributed by atoms with Crippen LogP contribution < -0.4 is 10.1 Å². The van der Waals surface area contributed by atoms with E-state index >= 15 is 0 Å². The molecule has 4 nitrogen and oxygen atoms in total. The molecule has 0 atom stereocenters. The Morgan fingerprint density at radius 2 is 2.05 bits per heavy atom. The molecule has 0 saturated heterocycles. The SMILES string of the molecule is COc1ccc(Cl)cc1NC(=O)c1cccc2c1ccn2C. The molecule has 5 heteroatoms. The first-order valence-corrected chi connectivity index (χ1v) is 7.17. The van der Waals surface area contributed by atoms with Crippen LogP contribution in [0.25, 0.3) is 10.9 Å². The Morgan fingerprint density at radius 1 is 1.23 bits per heavy atom. The van der Waals surface area contributed by atoms with Crippen LogP contribution in [0.3, 0.4) is 0 Å². The van der Waals surface area contributed by atoms with Gasteiger partial charge in [0.15, 0.2) is 0 Å². The highest BCUT2D eigenvalue weighted by Crippen LogP contribution is 2.29. The summed E-state index contributed by atoms with van der Waals surface area (Å²) in [6.07, 6.45) is 1.93. The molecule has 1 amide bonds. The third-order valence-electron chi connectivity index (χ3n) is 3.58. The molecule has 0 bridgehead atoms. The van der Waals surface area contributed by atoms with Gasteiger partial charge in [0.2, 0.25) is 0 Å². The van der Waals surface area contributed by atoms with Crippen molar-refractivity contribution in [3.05, 3.63) is 59.2 Å². The van der Waals surface area contributed by atoms with E-state index in [0.29, 0.717) is 22.0 Å². The van der Waals surface area contributed by atoms with Crippen molar-refractivity contribution in [2.45, 2.75) is 0 Å². The predicted octanol–water partition coefficient (Wildman–Crippen LogP) is 4.09. The van der Waals surface area contributed by atoms with Crippen LogP contribution in [0.2, 0.25) is 5.02 Å². The zero-order chi connectivity index (χ0) is 15.7. The van der Waals surface area contributed by atoms with Crippen LogP contribution in [0.4, 0.5) is 5.69 Å². The number of carbonyl (C=O) groups excluding carboxylic acids is 1. The molecular weight excluding hydrogens is 300 g/mol. The van der Waals surface area contributed by atoms with Crippen molar-refractivity contribution in [2.75, 3.05) is 12.4 Å². The standard InChI is InChI=1S/C17H15ClN2O2/c1-20-9-8-12-13(4-3-5-15(12)20)17(21)19-14-10-11(18)6-7-16(14)22-2/h3-10H,1-2H3,(H,19,21). The van der Waals surface area contributed by atoms with Gasteiger partial charge in [-0.15, -0.1) is 0 Å². The normalized spacial score (nSPS) is 10.7. The van der Waals surface area contributed by atoms with E-state index in [-0.39, 0.29) is 5.91 Å². The number of methoxy groups -OCH3 is 1. The summed E-state index contributed by atoms with van der Waals surface area (Å²) in [5.41, 5.74) is 2.17. The van der Waals surface area contributed by atoms with E-state index in [1.165, 1.54) is 0 Å². The first-order valence-electron chi connectivity index (χ1n) is 6.79. The van der Waals surface area contributed by atoms with Gasteiger partial charge in [0.05, 0.1) is 12.8 Å². The molecule has 0 unspecified atom stereocenters. The fourth-order valence-electron chi connectivity index (χ4n) is 2.47. The second-order valence-electron chi connectivity index (χ2n) is 4.96. The second-order valence-corrected chi connectivity index (χ2v) is 5.40. The third-order valence-corrected chi connectivity index (χ3v) is 3.82. The minimum atomic E-state index is -0.197. The highest BCUT2D eigenvalue weighted by Gasteiger charge is 2.14. The van der Waals surface area contributed by atoms with Crippen molar-refractivity contribution in [1.82, 2.24) is 4.57 Å². The van der Waals surface area contributed by atoms with Crippen LogP contribution in [0.15, 0.2) is 48.7 Å². The number of aryl methyl sites for hydroxylation is 1. The molecule has 0 aliphatic rings. The summed E-state index contributed by atoms with van der Waals surface area (Å²) in [7, 11) is 3.50. The molecule has 0 saturated carbocycles. The van der Waals surface area contributed by atoms with Crippen LogP contribution in [-0.4, -0.2) is 17.6 Å². The van der Waals surface area contributed by atoms with Gasteiger partial charge in [-0.1, -0.05) is 17.7 Å². The van der Waals surface area contributed by atoms with E-state index in [1.807, 2.05) is 36.0 Å². The number of rotatable bonds is 3. The molecule has 0 spiro atoms. The van der Waals surface area contributed by atoms with Crippen molar-refractivity contribution in [3.8, 4) is 5.75 Å². The van der Waals surface area contributed by atoms with Crippen LogP contribution >= 0.6 is 11.6 Å². The highest BCUT2D eigenvalue weighted by atomic mass is 35.5. The molecule has 3 rings (SSSR count). The molecule has 0 aliphatic heterocycles. The summed E-state index contributed by atoms with van der Waals surface area (Å²) >= 11 is 5.99. The minimum Gasteiger partial charge on any atom is -0.495 e. The van der Waals surface area contributed by atoms with E-state index in [0.717, 1.165) is 10.9 Å². The number of aromatic nitrogens is 1. The second kappa shape index (κ2) is 5.73. The molecule has 1 N–H and O–H groups in total. The predicted molar refractivity (Wildman–Crippen MR) is 88.9 cm³/mol. The van der Waals surface area contributed by atoms with E-state index in [1.54, 1.807) is 31.4 Å². The Bertz CT molecular complexity index is 855. The first-order chi connectivity index (χ1) is 10.6. The van der Waals surface area contributed by atoms with Crippen molar-refractivity contribution in [1.29, 1.82) is 0 Å². The van der Waals surface area contributed by atoms with Gasteiger partial charge in [0, 0.05) is 34.7 Å². The zero-order valence-electron chi connectivity index (χ0n) is 12.3. The van der Waals surface area contributed by atoms with Crippen LogP contribution in [0, 0.1) is 0 Å². The average molecular weight is 315 g/mol. The summed E-state index contributed by atoms with van der Waals surface area (Å²) in [5.74, 6) is 0.371. The van der Waals surface area contributed by atoms with E-state index in [9.17, 15) is 4.79 Å². The van der Waals surface area contributed by atoms with Crippen LogP contribution in [0.5, 0.6) is 5.75 Å². The Morgan fingerprint density at radius 3 is 2.82 bits per heavy atom. The molecule has 1 aromatic heterocycles. The fraction of sp³-hybridized carbons (Fsp3) is 0.118. The molecule has 3 aromatic rings. The summed E-state index contributed by atoms with van der Waals surface area (Å²) in [4.78, 5) is 12.6. The van der Waals surface area contributed by atoms with E-state index in [4.69, 9.17) is 16.3 Å². The number of benzene rings is 2. The van der Waals surface area contributed by atoms with Crippen molar-refractivity contribution < 1.29 is 9.53 Å². The van der Waals surface area contributed by atoms with Gasteiger partial charge in [0.1, 0.15) is 5.75 Å². The molecule has 0 fully saturated rings. The third kappa shape index (κ3) is 2.53. The monoisotopic (exact) mass is 314 g/mol. The molecule has 2 aromatic carbocycles. The fourth-order valence-corrected chi connectivity index (χ4v) is 2.64. The lowest BCUT2D eigenvalue weighted by atomic mass is 10.1. The number of anilines is 1. The van der Waals surface area contributed by atoms with Gasteiger partial charge in [-0.2, -0.15) is 0 Å². The summed E-state index contributed by atoms with van der Waals surface area (Å²) in [5, 5.41) is 4.30. The Balaban J connectivity index is 1.99. The average Bonchev–Trinajstić information content (AvgIpc) is 2.89. The number of nitrogens with zero attached hydrogens (tertiary/aromatic N) is 1. The highest BCUT2D eigenvalue weighted by molar-refractivity contribution is 6.31. The number of halogens is 1. The van der Waals surface area contributed by atoms with Crippen LogP contribution in [-0.2, 0) is 7.05 Å². The van der Waals surface area contributed by atoms with Crippen molar-refractivity contribution in [2.24, 2.45) is 7.05 Å². The Labute approximate surface area is 133 Å². The Kier molecular flexibility index (Phi) is 3.77. The van der Waals surface area contributed by atoms with Crippen LogP contribution in [0.1, 0.15) is 10.4 Å². The van der Waals surface area contributed by atoms with Gasteiger partial charge < -0.3 is 14.6 Å². The maximum atomic E-state index is 12.6. The van der Waals surface area contributed by atoms with Gasteiger partial charge in [-0.05, 0) is 36.4 Å². The maximum absolute atomic E-state index is 12.6. The smallest absolute Gasteiger partial charge is 0.256 e. The van der Waals surface area contributed by atoms with Gasteiger partial charge in [-0.3, -0.25) is 4.79 Å². The van der Waals surface area contributed by atoms with Crippen molar-refractivity contribution in [3.63, 3.8) is 0 Å². The molecule has 0 radical (unpaired) electrons. The quantitative estimate of drug-likeness (QED) is 0.791. The molecule has 22 heavy (non-hydrogen) atoms. The molecule has 0 aliphatic carbocycles. The van der Waals surface area contributed by atoms with Gasteiger partial charge in [-0.25, -0.2) is 0 Å². The van der Waals surface area contributed by atoms with Crippen molar-refractivity contribution >= 4 is 34.1 Å². The topological polar surface area (TPSA) is 43.3 Å². The molecule has 112 valence electrons. The van der Waals surface area contributed by atoms with E-state index in [2.05, 4.69) is 5.32 Å². The lowest BCUT2D eigenvalue weighted by Gasteiger charge is -2.11. The van der Waals surface area contributed by atoms with Gasteiger partial charge >= 0.3 is 0 Å². The Hall–Kier alpha value is -2.46. The molecule has 1 heterocycles. The number of ether oxygens (including phenoxy) is 1. The number of amides is 1. The number of nitrogens with one attached hydrogen (secondary N) is 1. The lowest BCUT2D eigenvalue weighted by molar-refractivity contribution is 0.102. The summed E-state index contributed by atoms with van der Waals surface area (Å²) < 4.78 is 7.23. The number of hydrogen-bond acceptors (Lipinski definition) is 2. The zero-order valence-corrected chi connectivity index (χ0v) is 13.0. The number of hydrogen-bond donors (Lipinski definition) is 1. The molecular formula is C17H15ClN2O2. The maximum Gasteiger partial charge on any atom is 0.256 e. The van der Waals surface area contributed by atoms with E-state index < -0.39 is 0 Å².